The van der Waals surface area contributed by atoms with Crippen molar-refractivity contribution in [2.75, 3.05) is 11.9 Å². The van der Waals surface area contributed by atoms with Crippen LogP contribution in [0, 0.1) is 5.82 Å². The first kappa shape index (κ1) is 19.7. The monoisotopic (exact) mass is 415 g/mol. The zero-order valence-electron chi connectivity index (χ0n) is 14.2. The third-order valence-electron chi connectivity index (χ3n) is 3.71. The fourth-order valence-electron chi connectivity index (χ4n) is 2.39. The summed E-state index contributed by atoms with van der Waals surface area (Å²) < 4.78 is 83.0. The minimum Gasteiger partial charge on any atom is -0.494 e. The molecule has 0 atom stereocenters. The molecule has 0 aliphatic heterocycles. The number of nitrogens with one attached hydrogen (secondary N) is 1. The van der Waals surface area contributed by atoms with Gasteiger partial charge in [0.25, 0.3) is 10.0 Å². The van der Waals surface area contributed by atoms with E-state index < -0.39 is 27.7 Å². The summed E-state index contributed by atoms with van der Waals surface area (Å²) in [6.45, 7) is 0. The predicted molar refractivity (Wildman–Crippen MR) is 92.2 cm³/mol. The molecule has 3 aromatic rings. The lowest BCUT2D eigenvalue weighted by atomic mass is 10.1. The van der Waals surface area contributed by atoms with E-state index >= 15 is 0 Å². The fraction of sp³-hybridized carbons (Fsp3) is 0.118. The van der Waals surface area contributed by atoms with E-state index in [4.69, 9.17) is 4.74 Å². The Balaban J connectivity index is 2.10. The van der Waals surface area contributed by atoms with E-state index in [9.17, 15) is 26.0 Å². The van der Waals surface area contributed by atoms with Gasteiger partial charge < -0.3 is 4.74 Å². The summed E-state index contributed by atoms with van der Waals surface area (Å²) in [5.41, 5.74) is -1.67. The largest absolute Gasteiger partial charge is 0.494 e. The zero-order valence-corrected chi connectivity index (χ0v) is 15.1. The van der Waals surface area contributed by atoms with Gasteiger partial charge in [0, 0.05) is 5.56 Å². The van der Waals surface area contributed by atoms with E-state index in [1.54, 1.807) is 6.07 Å². The van der Waals surface area contributed by atoms with Crippen LogP contribution in [0.15, 0.2) is 59.5 Å². The molecule has 6 nitrogen and oxygen atoms in total. The molecule has 0 unspecified atom stereocenters. The topological polar surface area (TPSA) is 73.2 Å². The van der Waals surface area contributed by atoms with Crippen LogP contribution in [-0.2, 0) is 16.2 Å². The zero-order chi connectivity index (χ0) is 20.5. The molecule has 0 bridgehead atoms. The summed E-state index contributed by atoms with van der Waals surface area (Å²) in [7, 11) is -3.00. The maximum atomic E-state index is 14.0. The first-order valence-corrected chi connectivity index (χ1v) is 9.19. The first-order chi connectivity index (χ1) is 13.1. The molecule has 0 aliphatic rings. The maximum absolute atomic E-state index is 14.0. The van der Waals surface area contributed by atoms with Crippen molar-refractivity contribution in [3.8, 4) is 17.0 Å². The molecule has 11 heteroatoms. The molecule has 28 heavy (non-hydrogen) atoms. The van der Waals surface area contributed by atoms with Gasteiger partial charge in [-0.3, -0.25) is 0 Å². The second-order valence-electron chi connectivity index (χ2n) is 5.58. The predicted octanol–water partition coefficient (Wildman–Crippen LogP) is 3.65. The van der Waals surface area contributed by atoms with Gasteiger partial charge in [0.2, 0.25) is 0 Å². The third-order valence-corrected chi connectivity index (χ3v) is 5.01. The molecule has 0 saturated heterocycles. The number of methoxy groups -OCH3 is 1. The van der Waals surface area contributed by atoms with Crippen LogP contribution in [0.5, 0.6) is 5.75 Å². The normalized spacial score (nSPS) is 12.0. The second kappa shape index (κ2) is 7.15. The van der Waals surface area contributed by atoms with Crippen molar-refractivity contribution >= 4 is 10.0 Å². The number of rotatable bonds is 5. The average Bonchev–Trinajstić information content (AvgIpc) is 3.06. The van der Waals surface area contributed by atoms with Crippen LogP contribution in [0.4, 0.5) is 17.6 Å². The molecular formula is C17H13F4N3O3S. The fourth-order valence-corrected chi connectivity index (χ4v) is 3.37. The summed E-state index contributed by atoms with van der Waals surface area (Å²) in [6, 6.07) is 11.1. The molecule has 2 aromatic carbocycles. The van der Waals surface area contributed by atoms with E-state index in [0.29, 0.717) is 10.9 Å². The van der Waals surface area contributed by atoms with Gasteiger partial charge in [0.1, 0.15) is 0 Å². The molecule has 1 aromatic heterocycles. The Morgan fingerprint density at radius 3 is 2.32 bits per heavy atom. The highest BCUT2D eigenvalue weighted by Crippen LogP contribution is 2.33. The molecule has 3 rings (SSSR count). The number of hydrogen-bond donors (Lipinski definition) is 1. The molecule has 0 fully saturated rings. The molecular weight excluding hydrogens is 402 g/mol. The van der Waals surface area contributed by atoms with Crippen molar-refractivity contribution in [3.05, 3.63) is 66.1 Å². The Kier molecular flexibility index (Phi) is 5.02. The van der Waals surface area contributed by atoms with E-state index in [0.717, 1.165) is 6.07 Å². The standard InChI is InChI=1S/C17H13F4N3O3S/c1-27-15-8-7-11(9-13(15)18)14-10-16(17(19,20)21)22-24(14)23-28(25,26)12-5-3-2-4-6-12/h2-10,23H,1H3. The molecule has 0 aliphatic carbocycles. The summed E-state index contributed by atoms with van der Waals surface area (Å²) in [6.07, 6.45) is -4.83. The van der Waals surface area contributed by atoms with Gasteiger partial charge in [-0.2, -0.15) is 31.2 Å². The smallest absolute Gasteiger partial charge is 0.435 e. The summed E-state index contributed by atoms with van der Waals surface area (Å²) in [5, 5.41) is 3.29. The number of aromatic nitrogens is 2. The van der Waals surface area contributed by atoms with Crippen LogP contribution in [0.2, 0.25) is 0 Å². The molecule has 0 radical (unpaired) electrons. The number of alkyl halides is 3. The Morgan fingerprint density at radius 2 is 1.75 bits per heavy atom. The van der Waals surface area contributed by atoms with E-state index in [2.05, 4.69) is 5.10 Å². The van der Waals surface area contributed by atoms with Crippen molar-refractivity contribution < 1.29 is 30.7 Å². The molecule has 148 valence electrons. The molecule has 1 N–H and O–H groups in total. The number of ether oxygens (including phenoxy) is 1. The first-order valence-electron chi connectivity index (χ1n) is 7.71. The van der Waals surface area contributed by atoms with Gasteiger partial charge in [-0.1, -0.05) is 18.2 Å². The number of hydrogen-bond acceptors (Lipinski definition) is 4. The van der Waals surface area contributed by atoms with Crippen LogP contribution in [0.25, 0.3) is 11.3 Å². The number of sulfonamides is 1. The van der Waals surface area contributed by atoms with Gasteiger partial charge in [-0.15, -0.1) is 5.10 Å². The Bertz CT molecular complexity index is 1100. The van der Waals surface area contributed by atoms with Crippen molar-refractivity contribution in [2.24, 2.45) is 0 Å². The highest BCUT2D eigenvalue weighted by molar-refractivity contribution is 7.92. The van der Waals surface area contributed by atoms with Gasteiger partial charge in [-0.25, -0.2) is 4.39 Å². The maximum Gasteiger partial charge on any atom is 0.435 e. The van der Waals surface area contributed by atoms with Crippen LogP contribution < -0.4 is 9.57 Å². The second-order valence-corrected chi connectivity index (χ2v) is 7.24. The number of nitrogens with zero attached hydrogens (tertiary/aromatic N) is 2. The van der Waals surface area contributed by atoms with Crippen LogP contribution in [-0.4, -0.2) is 25.4 Å². The van der Waals surface area contributed by atoms with Crippen molar-refractivity contribution in [1.29, 1.82) is 0 Å². The van der Waals surface area contributed by atoms with Gasteiger partial charge in [0.15, 0.2) is 17.3 Å². The highest BCUT2D eigenvalue weighted by atomic mass is 32.2. The Hall–Kier alpha value is -3.08. The molecule has 0 spiro atoms. The van der Waals surface area contributed by atoms with E-state index in [-0.39, 0.29) is 21.9 Å². The minimum absolute atomic E-state index is 0.0305. The summed E-state index contributed by atoms with van der Waals surface area (Å²) >= 11 is 0. The SMILES string of the molecule is COc1ccc(-c2cc(C(F)(F)F)nn2NS(=O)(=O)c2ccccc2)cc1F. The van der Waals surface area contributed by atoms with Crippen molar-refractivity contribution in [1.82, 2.24) is 9.89 Å². The van der Waals surface area contributed by atoms with E-state index in [1.807, 2.05) is 4.83 Å². The van der Waals surface area contributed by atoms with Crippen LogP contribution in [0.3, 0.4) is 0 Å². The summed E-state index contributed by atoms with van der Waals surface area (Å²) in [4.78, 5) is 2.24. The average molecular weight is 415 g/mol. The quantitative estimate of drug-likeness (QED) is 0.646. The van der Waals surface area contributed by atoms with E-state index in [1.165, 1.54) is 43.5 Å². The third kappa shape index (κ3) is 3.93. The number of benzene rings is 2. The lowest BCUT2D eigenvalue weighted by Gasteiger charge is -2.12. The van der Waals surface area contributed by atoms with Gasteiger partial charge >= 0.3 is 6.18 Å². The van der Waals surface area contributed by atoms with Crippen LogP contribution in [0.1, 0.15) is 5.69 Å². The van der Waals surface area contributed by atoms with Gasteiger partial charge in [-0.05, 0) is 36.4 Å². The lowest BCUT2D eigenvalue weighted by molar-refractivity contribution is -0.141. The van der Waals surface area contributed by atoms with Gasteiger partial charge in [0.05, 0.1) is 17.7 Å². The Morgan fingerprint density at radius 1 is 1.07 bits per heavy atom. The molecule has 0 saturated carbocycles. The Labute approximate surface area is 157 Å². The van der Waals surface area contributed by atoms with Crippen LogP contribution >= 0.6 is 0 Å². The van der Waals surface area contributed by atoms with Crippen molar-refractivity contribution in [3.63, 3.8) is 0 Å². The lowest BCUT2D eigenvalue weighted by Crippen LogP contribution is -2.25. The molecule has 1 heterocycles. The minimum atomic E-state index is -4.83. The molecule has 0 amide bonds. The van der Waals surface area contributed by atoms with Crippen molar-refractivity contribution in [2.45, 2.75) is 11.1 Å². The highest BCUT2D eigenvalue weighted by Gasteiger charge is 2.36. The number of halogens is 4. The summed E-state index contributed by atoms with van der Waals surface area (Å²) in [5.74, 6) is -0.942.